The molecule has 3 aromatic rings. The van der Waals surface area contributed by atoms with Gasteiger partial charge in [0.05, 0.1) is 32.2 Å². The highest BCUT2D eigenvalue weighted by molar-refractivity contribution is 5.84. The molecule has 13 heteroatoms. The summed E-state index contributed by atoms with van der Waals surface area (Å²) in [5.41, 5.74) is 2.57. The second kappa shape index (κ2) is 10.5. The van der Waals surface area contributed by atoms with Crippen molar-refractivity contribution in [2.45, 2.75) is 46.3 Å². The summed E-state index contributed by atoms with van der Waals surface area (Å²) in [5, 5.41) is 6.83. The number of carbonyl (C=O) groups is 2. The highest BCUT2D eigenvalue weighted by Crippen LogP contribution is 2.28. The molecule has 0 fully saturated rings. The molecule has 1 aliphatic heterocycles. The summed E-state index contributed by atoms with van der Waals surface area (Å²) in [4.78, 5) is 49.8. The van der Waals surface area contributed by atoms with Gasteiger partial charge in [-0.1, -0.05) is 6.08 Å². The molecule has 4 heterocycles. The van der Waals surface area contributed by atoms with E-state index in [9.17, 15) is 14.4 Å². The van der Waals surface area contributed by atoms with Crippen molar-refractivity contribution in [1.82, 2.24) is 29.6 Å². The van der Waals surface area contributed by atoms with Crippen LogP contribution in [0.15, 0.2) is 23.1 Å². The Bertz CT molecular complexity index is 1470. The molecule has 202 valence electrons. The van der Waals surface area contributed by atoms with Gasteiger partial charge in [0, 0.05) is 30.9 Å². The van der Waals surface area contributed by atoms with Crippen LogP contribution in [0.25, 0.3) is 16.6 Å². The number of ether oxygens (including phenoxy) is 3. The van der Waals surface area contributed by atoms with E-state index in [1.165, 1.54) is 11.8 Å². The Morgan fingerprint density at radius 2 is 2.00 bits per heavy atom. The summed E-state index contributed by atoms with van der Waals surface area (Å²) < 4.78 is 17.2. The van der Waals surface area contributed by atoms with Gasteiger partial charge in [0.15, 0.2) is 5.52 Å². The Hall–Kier alpha value is -4.42. The van der Waals surface area contributed by atoms with Crippen LogP contribution in [-0.2, 0) is 16.0 Å². The van der Waals surface area contributed by atoms with Crippen LogP contribution in [0.4, 0.5) is 15.5 Å². The fourth-order valence-corrected chi connectivity index (χ4v) is 4.06. The minimum Gasteiger partial charge on any atom is -0.496 e. The van der Waals surface area contributed by atoms with E-state index >= 15 is 0 Å². The lowest BCUT2D eigenvalue weighted by atomic mass is 10.0. The van der Waals surface area contributed by atoms with Crippen molar-refractivity contribution in [3.05, 3.63) is 45.6 Å². The summed E-state index contributed by atoms with van der Waals surface area (Å²) in [7, 11) is 2.78. The molecule has 4 rings (SSSR count). The number of anilines is 1. The second-order valence-corrected chi connectivity index (χ2v) is 9.76. The number of hydrogen-bond donors (Lipinski definition) is 2. The smallest absolute Gasteiger partial charge is 0.413 e. The van der Waals surface area contributed by atoms with Crippen LogP contribution in [0.1, 0.15) is 44.1 Å². The first kappa shape index (κ1) is 26.6. The van der Waals surface area contributed by atoms with Crippen LogP contribution < -0.4 is 15.6 Å². The van der Waals surface area contributed by atoms with Gasteiger partial charge in [0.25, 0.3) is 5.56 Å². The molecule has 2 N–H and O–H groups in total. The van der Waals surface area contributed by atoms with Crippen molar-refractivity contribution >= 4 is 34.7 Å². The SMILES string of the molecule is COC(=O)Nc1nc2c(C)nn(Cc3cnc(C4=CCN(C(=O)OC(C)(C)C)CC4)cc3OC)c2c(=O)[nH]1. The monoisotopic (exact) mass is 525 g/mol. The van der Waals surface area contributed by atoms with Gasteiger partial charge in [-0.25, -0.2) is 14.6 Å². The number of aryl methyl sites for hydroxylation is 1. The molecule has 0 radical (unpaired) electrons. The third kappa shape index (κ3) is 5.76. The van der Waals surface area contributed by atoms with Crippen molar-refractivity contribution in [2.24, 2.45) is 0 Å². The van der Waals surface area contributed by atoms with Gasteiger partial charge >= 0.3 is 12.2 Å². The van der Waals surface area contributed by atoms with Crippen LogP contribution in [0.2, 0.25) is 0 Å². The topological polar surface area (TPSA) is 154 Å². The number of amides is 2. The number of rotatable bonds is 5. The number of nitrogens with zero attached hydrogens (tertiary/aromatic N) is 5. The number of H-pyrrole nitrogens is 1. The van der Waals surface area contributed by atoms with Crippen molar-refractivity contribution in [3.63, 3.8) is 0 Å². The first-order valence-electron chi connectivity index (χ1n) is 12.0. The molecule has 38 heavy (non-hydrogen) atoms. The molecule has 0 saturated heterocycles. The Balaban J connectivity index is 1.56. The van der Waals surface area contributed by atoms with Crippen molar-refractivity contribution in [1.29, 1.82) is 0 Å². The lowest BCUT2D eigenvalue weighted by molar-refractivity contribution is 0.0270. The summed E-state index contributed by atoms with van der Waals surface area (Å²) >= 11 is 0. The Morgan fingerprint density at radius 1 is 1.24 bits per heavy atom. The molecule has 0 saturated carbocycles. The Labute approximate surface area is 218 Å². The molecular weight excluding hydrogens is 494 g/mol. The van der Waals surface area contributed by atoms with Gasteiger partial charge in [-0.05, 0) is 39.7 Å². The van der Waals surface area contributed by atoms with Crippen molar-refractivity contribution < 1.29 is 23.8 Å². The minimum atomic E-state index is -0.751. The van der Waals surface area contributed by atoms with E-state index in [0.717, 1.165) is 11.3 Å². The summed E-state index contributed by atoms with van der Waals surface area (Å²) in [6, 6.07) is 1.84. The maximum absolute atomic E-state index is 12.8. The fourth-order valence-electron chi connectivity index (χ4n) is 4.06. The molecule has 1 aliphatic rings. The average Bonchev–Trinajstić information content (AvgIpc) is 3.18. The first-order chi connectivity index (χ1) is 18.0. The van der Waals surface area contributed by atoms with E-state index in [0.29, 0.717) is 42.0 Å². The molecule has 2 amide bonds. The van der Waals surface area contributed by atoms with Crippen LogP contribution in [0, 0.1) is 6.92 Å². The molecule has 0 atom stereocenters. The van der Waals surface area contributed by atoms with E-state index < -0.39 is 17.3 Å². The second-order valence-electron chi connectivity index (χ2n) is 9.76. The van der Waals surface area contributed by atoms with E-state index in [1.54, 1.807) is 25.1 Å². The number of carbonyl (C=O) groups excluding carboxylic acids is 2. The van der Waals surface area contributed by atoms with E-state index in [4.69, 9.17) is 9.47 Å². The number of nitrogens with one attached hydrogen (secondary N) is 2. The zero-order valence-corrected chi connectivity index (χ0v) is 22.2. The van der Waals surface area contributed by atoms with Crippen LogP contribution in [0.3, 0.4) is 0 Å². The predicted molar refractivity (Wildman–Crippen MR) is 139 cm³/mol. The van der Waals surface area contributed by atoms with E-state index in [-0.39, 0.29) is 24.1 Å². The van der Waals surface area contributed by atoms with Gasteiger partial charge < -0.3 is 19.1 Å². The maximum Gasteiger partial charge on any atom is 0.413 e. The zero-order chi connectivity index (χ0) is 27.6. The normalized spacial score (nSPS) is 13.7. The standard InChI is InChI=1S/C25H31N7O6/c1-14-19-20(21(33)28-22(27-19)29-23(34)37-6)32(30-14)13-16-12-26-17(11-18(16)36-5)15-7-9-31(10-8-15)24(35)38-25(2,3)4/h7,11-12H,8-10,13H2,1-6H3,(H2,27,28,29,33,34). The Kier molecular flexibility index (Phi) is 7.37. The molecule has 13 nitrogen and oxygen atoms in total. The zero-order valence-electron chi connectivity index (χ0n) is 22.2. The van der Waals surface area contributed by atoms with Crippen molar-refractivity contribution in [3.8, 4) is 5.75 Å². The van der Waals surface area contributed by atoms with Crippen LogP contribution in [-0.4, -0.2) is 74.7 Å². The maximum atomic E-state index is 12.8. The average molecular weight is 526 g/mol. The number of pyridine rings is 1. The molecule has 3 aromatic heterocycles. The van der Waals surface area contributed by atoms with E-state index in [1.807, 2.05) is 32.9 Å². The predicted octanol–water partition coefficient (Wildman–Crippen LogP) is 3.08. The molecule has 0 bridgehead atoms. The minimum absolute atomic E-state index is 0.0356. The van der Waals surface area contributed by atoms with Gasteiger partial charge in [-0.2, -0.15) is 5.10 Å². The molecule has 0 spiro atoms. The molecular formula is C25H31N7O6. The van der Waals surface area contributed by atoms with Crippen molar-refractivity contribution in [2.75, 3.05) is 32.6 Å². The van der Waals surface area contributed by atoms with Gasteiger partial charge in [0.1, 0.15) is 16.9 Å². The Morgan fingerprint density at radius 3 is 2.63 bits per heavy atom. The number of aromatic amines is 1. The third-order valence-corrected chi connectivity index (χ3v) is 5.85. The van der Waals surface area contributed by atoms with E-state index in [2.05, 4.69) is 30.1 Å². The number of aromatic nitrogens is 5. The highest BCUT2D eigenvalue weighted by Gasteiger charge is 2.25. The number of fused-ring (bicyclic) bond motifs is 1. The van der Waals surface area contributed by atoms with Gasteiger partial charge in [-0.3, -0.25) is 24.8 Å². The number of methoxy groups -OCH3 is 2. The highest BCUT2D eigenvalue weighted by atomic mass is 16.6. The lowest BCUT2D eigenvalue weighted by Crippen LogP contribution is -2.39. The van der Waals surface area contributed by atoms with Gasteiger partial charge in [0.2, 0.25) is 5.95 Å². The third-order valence-electron chi connectivity index (χ3n) is 5.85. The largest absolute Gasteiger partial charge is 0.496 e. The fraction of sp³-hybridized carbons (Fsp3) is 0.440. The quantitative estimate of drug-likeness (QED) is 0.511. The first-order valence-corrected chi connectivity index (χ1v) is 12.0. The molecule has 0 aliphatic carbocycles. The van der Waals surface area contributed by atoms with Crippen LogP contribution >= 0.6 is 0 Å². The molecule has 0 unspecified atom stereocenters. The lowest BCUT2D eigenvalue weighted by Gasteiger charge is -2.29. The van der Waals surface area contributed by atoms with Gasteiger partial charge in [-0.15, -0.1) is 0 Å². The summed E-state index contributed by atoms with van der Waals surface area (Å²) in [5.74, 6) is 0.548. The summed E-state index contributed by atoms with van der Waals surface area (Å²) in [6.45, 7) is 8.40. The molecule has 0 aromatic carbocycles. The van der Waals surface area contributed by atoms with Crippen LogP contribution in [0.5, 0.6) is 5.75 Å². The number of hydrogen-bond acceptors (Lipinski definition) is 9. The summed E-state index contributed by atoms with van der Waals surface area (Å²) in [6.07, 6.45) is 3.19.